The Balaban J connectivity index is 2.12. The van der Waals surface area contributed by atoms with E-state index in [4.69, 9.17) is 5.11 Å². The molecule has 0 saturated carbocycles. The molecule has 20 heavy (non-hydrogen) atoms. The van der Waals surface area contributed by atoms with Crippen LogP contribution in [-0.4, -0.2) is 28.6 Å². The van der Waals surface area contributed by atoms with Gasteiger partial charge in [0, 0.05) is 36.0 Å². The molecule has 2 rings (SSSR count). The average molecular weight is 276 g/mol. The molecule has 6 heteroatoms. The molecule has 0 spiro atoms. The largest absolute Gasteiger partial charge is 0.478 e. The first kappa shape index (κ1) is 14.0. The molecule has 106 valence electrons. The molecular formula is C14H16N2O4. The molecule has 0 unspecified atom stereocenters. The predicted octanol–water partition coefficient (Wildman–Crippen LogP) is 2.59. The van der Waals surface area contributed by atoms with E-state index in [-0.39, 0.29) is 17.3 Å². The third kappa shape index (κ3) is 2.96. The highest BCUT2D eigenvalue weighted by Gasteiger charge is 2.26. The molecule has 1 N–H and O–H groups in total. The maximum Gasteiger partial charge on any atom is 0.331 e. The van der Waals surface area contributed by atoms with Crippen molar-refractivity contribution in [3.63, 3.8) is 0 Å². The smallest absolute Gasteiger partial charge is 0.331 e. The van der Waals surface area contributed by atoms with Crippen molar-refractivity contribution in [2.75, 3.05) is 11.4 Å². The number of nitro benzene ring substituents is 1. The minimum Gasteiger partial charge on any atom is -0.478 e. The summed E-state index contributed by atoms with van der Waals surface area (Å²) in [7, 11) is 0. The van der Waals surface area contributed by atoms with E-state index < -0.39 is 10.9 Å². The maximum absolute atomic E-state index is 10.9. The fourth-order valence-corrected chi connectivity index (χ4v) is 2.53. The molecule has 6 nitrogen and oxygen atoms in total. The Morgan fingerprint density at radius 2 is 2.10 bits per heavy atom. The highest BCUT2D eigenvalue weighted by molar-refractivity contribution is 5.85. The SMILES string of the molecule is C=C(C[C@@H]1CCCN1c1ccc([N+](=O)[O-])cc1)C(=O)O. The van der Waals surface area contributed by atoms with E-state index in [1.54, 1.807) is 12.1 Å². The summed E-state index contributed by atoms with van der Waals surface area (Å²) in [6, 6.07) is 6.45. The number of carboxylic acids is 1. The van der Waals surface area contributed by atoms with Crippen LogP contribution in [0.2, 0.25) is 0 Å². The van der Waals surface area contributed by atoms with E-state index in [9.17, 15) is 14.9 Å². The quantitative estimate of drug-likeness (QED) is 0.507. The van der Waals surface area contributed by atoms with Crippen LogP contribution in [0.4, 0.5) is 11.4 Å². The summed E-state index contributed by atoms with van der Waals surface area (Å²) in [5.74, 6) is -0.972. The van der Waals surface area contributed by atoms with Crippen LogP contribution in [-0.2, 0) is 4.79 Å². The molecule has 1 fully saturated rings. The normalized spacial score (nSPS) is 18.0. The molecule has 1 atom stereocenters. The number of anilines is 1. The van der Waals surface area contributed by atoms with E-state index in [1.165, 1.54) is 12.1 Å². The monoisotopic (exact) mass is 276 g/mol. The van der Waals surface area contributed by atoms with Gasteiger partial charge in [-0.25, -0.2) is 4.79 Å². The Kier molecular flexibility index (Phi) is 4.02. The van der Waals surface area contributed by atoms with Gasteiger partial charge in [0.05, 0.1) is 4.92 Å². The first-order chi connectivity index (χ1) is 9.49. The number of nitrogens with zero attached hydrogens (tertiary/aromatic N) is 2. The Morgan fingerprint density at radius 1 is 1.45 bits per heavy atom. The van der Waals surface area contributed by atoms with Crippen molar-refractivity contribution in [1.29, 1.82) is 0 Å². The summed E-state index contributed by atoms with van der Waals surface area (Å²) >= 11 is 0. The van der Waals surface area contributed by atoms with E-state index in [0.29, 0.717) is 6.42 Å². The summed E-state index contributed by atoms with van der Waals surface area (Å²) in [6.45, 7) is 4.40. The number of rotatable bonds is 5. The number of carboxylic acid groups (broad SMARTS) is 1. The Morgan fingerprint density at radius 3 is 2.65 bits per heavy atom. The Bertz CT molecular complexity index is 539. The van der Waals surface area contributed by atoms with Gasteiger partial charge in [-0.3, -0.25) is 10.1 Å². The van der Waals surface area contributed by atoms with E-state index in [2.05, 4.69) is 11.5 Å². The Hall–Kier alpha value is -2.37. The van der Waals surface area contributed by atoms with Crippen LogP contribution in [0.15, 0.2) is 36.4 Å². The van der Waals surface area contributed by atoms with Crippen molar-refractivity contribution in [2.45, 2.75) is 25.3 Å². The first-order valence-electron chi connectivity index (χ1n) is 6.41. The minimum atomic E-state index is -0.972. The Labute approximate surface area is 116 Å². The van der Waals surface area contributed by atoms with Gasteiger partial charge in [-0.2, -0.15) is 0 Å². The van der Waals surface area contributed by atoms with Crippen molar-refractivity contribution in [2.24, 2.45) is 0 Å². The first-order valence-corrected chi connectivity index (χ1v) is 6.41. The van der Waals surface area contributed by atoms with Crippen LogP contribution in [0.3, 0.4) is 0 Å². The zero-order chi connectivity index (χ0) is 14.7. The molecule has 1 heterocycles. The lowest BCUT2D eigenvalue weighted by atomic mass is 10.1. The molecule has 1 saturated heterocycles. The number of aliphatic carboxylic acids is 1. The maximum atomic E-state index is 10.9. The summed E-state index contributed by atoms with van der Waals surface area (Å²) < 4.78 is 0. The van der Waals surface area contributed by atoms with Gasteiger partial charge in [-0.15, -0.1) is 0 Å². The van der Waals surface area contributed by atoms with Crippen molar-refractivity contribution in [3.05, 3.63) is 46.5 Å². The van der Waals surface area contributed by atoms with E-state index in [1.807, 2.05) is 0 Å². The van der Waals surface area contributed by atoms with Gasteiger partial charge in [-0.05, 0) is 31.4 Å². The molecule has 0 aromatic heterocycles. The molecule has 1 aromatic carbocycles. The van der Waals surface area contributed by atoms with Gasteiger partial charge in [-0.1, -0.05) is 6.58 Å². The predicted molar refractivity (Wildman–Crippen MR) is 74.9 cm³/mol. The number of hydrogen-bond acceptors (Lipinski definition) is 4. The second-order valence-corrected chi connectivity index (χ2v) is 4.88. The van der Waals surface area contributed by atoms with Crippen LogP contribution in [0.5, 0.6) is 0 Å². The van der Waals surface area contributed by atoms with Crippen molar-refractivity contribution in [1.82, 2.24) is 0 Å². The van der Waals surface area contributed by atoms with Gasteiger partial charge < -0.3 is 10.0 Å². The lowest BCUT2D eigenvalue weighted by Crippen LogP contribution is -2.30. The number of hydrogen-bond donors (Lipinski definition) is 1. The number of benzene rings is 1. The number of carbonyl (C=O) groups is 1. The second-order valence-electron chi connectivity index (χ2n) is 4.88. The van der Waals surface area contributed by atoms with Crippen molar-refractivity contribution in [3.8, 4) is 0 Å². The highest BCUT2D eigenvalue weighted by Crippen LogP contribution is 2.30. The standard InChI is InChI=1S/C14H16N2O4/c1-10(14(17)18)9-13-3-2-8-15(13)11-4-6-12(7-5-11)16(19)20/h4-7,13H,1-3,8-9H2,(H,17,18)/t13-/m0/s1. The third-order valence-corrected chi connectivity index (χ3v) is 3.55. The molecule has 0 aliphatic carbocycles. The number of non-ortho nitro benzene ring substituents is 1. The van der Waals surface area contributed by atoms with Gasteiger partial charge >= 0.3 is 5.97 Å². The molecular weight excluding hydrogens is 260 g/mol. The fourth-order valence-electron chi connectivity index (χ4n) is 2.53. The average Bonchev–Trinajstić information content (AvgIpc) is 2.86. The van der Waals surface area contributed by atoms with Crippen LogP contribution >= 0.6 is 0 Å². The van der Waals surface area contributed by atoms with E-state index in [0.717, 1.165) is 25.1 Å². The molecule has 0 radical (unpaired) electrons. The van der Waals surface area contributed by atoms with Gasteiger partial charge in [0.2, 0.25) is 0 Å². The van der Waals surface area contributed by atoms with E-state index >= 15 is 0 Å². The van der Waals surface area contributed by atoms with Crippen LogP contribution in [0.25, 0.3) is 0 Å². The fraction of sp³-hybridized carbons (Fsp3) is 0.357. The summed E-state index contributed by atoms with van der Waals surface area (Å²) in [4.78, 5) is 23.2. The minimum absolute atomic E-state index is 0.0550. The third-order valence-electron chi connectivity index (χ3n) is 3.55. The van der Waals surface area contributed by atoms with Gasteiger partial charge in [0.25, 0.3) is 5.69 Å². The van der Waals surface area contributed by atoms with Crippen LogP contribution < -0.4 is 4.90 Å². The molecule has 0 amide bonds. The number of nitro groups is 1. The summed E-state index contributed by atoms with van der Waals surface area (Å²) in [5.41, 5.74) is 1.14. The lowest BCUT2D eigenvalue weighted by molar-refractivity contribution is -0.384. The highest BCUT2D eigenvalue weighted by atomic mass is 16.6. The topological polar surface area (TPSA) is 83.7 Å². The molecule has 1 aliphatic rings. The zero-order valence-electron chi connectivity index (χ0n) is 11.0. The van der Waals surface area contributed by atoms with Crippen molar-refractivity contribution >= 4 is 17.3 Å². The van der Waals surface area contributed by atoms with Gasteiger partial charge in [0.15, 0.2) is 0 Å². The molecule has 1 aliphatic heterocycles. The summed E-state index contributed by atoms with van der Waals surface area (Å²) in [5, 5.41) is 19.5. The molecule has 1 aromatic rings. The van der Waals surface area contributed by atoms with Crippen LogP contribution in [0, 0.1) is 10.1 Å². The molecule has 0 bridgehead atoms. The second kappa shape index (κ2) is 5.73. The van der Waals surface area contributed by atoms with Crippen molar-refractivity contribution < 1.29 is 14.8 Å². The van der Waals surface area contributed by atoms with Crippen LogP contribution in [0.1, 0.15) is 19.3 Å². The lowest BCUT2D eigenvalue weighted by Gasteiger charge is -2.26. The zero-order valence-corrected chi connectivity index (χ0v) is 11.0. The summed E-state index contributed by atoms with van der Waals surface area (Å²) in [6.07, 6.45) is 2.30. The van der Waals surface area contributed by atoms with Gasteiger partial charge in [0.1, 0.15) is 0 Å².